The van der Waals surface area contributed by atoms with Crippen LogP contribution in [0.15, 0.2) is 0 Å². The van der Waals surface area contributed by atoms with Gasteiger partial charge in [-0.1, -0.05) is 0 Å². The first kappa shape index (κ1) is 14.3. The van der Waals surface area contributed by atoms with E-state index in [2.05, 4.69) is 18.9 Å². The van der Waals surface area contributed by atoms with Crippen LogP contribution in [0.1, 0.15) is 32.6 Å². The Balaban J connectivity index is 1.92. The van der Waals surface area contributed by atoms with Gasteiger partial charge >= 0.3 is 0 Å². The van der Waals surface area contributed by atoms with Crippen molar-refractivity contribution in [2.45, 2.75) is 44.2 Å². The Hall–Kier alpha value is -0.160. The van der Waals surface area contributed by atoms with Crippen molar-refractivity contribution in [3.05, 3.63) is 0 Å². The van der Waals surface area contributed by atoms with Gasteiger partial charge in [-0.2, -0.15) is 0 Å². The summed E-state index contributed by atoms with van der Waals surface area (Å²) in [5, 5.41) is 0. The summed E-state index contributed by atoms with van der Waals surface area (Å²) < 4.78 is 11.4. The quantitative estimate of drug-likeness (QED) is 0.804. The van der Waals surface area contributed by atoms with Crippen LogP contribution >= 0.6 is 0 Å². The van der Waals surface area contributed by atoms with E-state index >= 15 is 0 Å². The predicted octanol–water partition coefficient (Wildman–Crippen LogP) is 1.24. The lowest BCUT2D eigenvalue weighted by molar-refractivity contribution is -0.0315. The maximum absolute atomic E-state index is 6.05. The second-order valence-electron chi connectivity index (χ2n) is 5.99. The molecule has 2 N–H and O–H groups in total. The first-order valence-corrected chi connectivity index (χ1v) is 7.27. The first-order valence-electron chi connectivity index (χ1n) is 7.27. The van der Waals surface area contributed by atoms with Gasteiger partial charge in [0.2, 0.25) is 0 Å². The number of hydrogen-bond donors (Lipinski definition) is 1. The van der Waals surface area contributed by atoms with Crippen molar-refractivity contribution in [3.8, 4) is 0 Å². The molecule has 4 heteroatoms. The van der Waals surface area contributed by atoms with E-state index in [0.717, 1.165) is 32.8 Å². The fraction of sp³-hybridized carbons (Fsp3) is 1.00. The van der Waals surface area contributed by atoms with Gasteiger partial charge in [0.05, 0.1) is 12.7 Å². The molecule has 2 fully saturated rings. The highest BCUT2D eigenvalue weighted by atomic mass is 16.5. The lowest BCUT2D eigenvalue weighted by Crippen LogP contribution is -2.57. The second-order valence-corrected chi connectivity index (χ2v) is 5.99. The van der Waals surface area contributed by atoms with Crippen LogP contribution in [0.5, 0.6) is 0 Å². The molecular weight excluding hydrogens is 228 g/mol. The van der Waals surface area contributed by atoms with Crippen molar-refractivity contribution in [2.75, 3.05) is 40.0 Å². The minimum Gasteiger partial charge on any atom is -0.381 e. The Morgan fingerprint density at radius 2 is 2.11 bits per heavy atom. The summed E-state index contributed by atoms with van der Waals surface area (Å²) in [4.78, 5) is 2.41. The largest absolute Gasteiger partial charge is 0.381 e. The normalized spacial score (nSPS) is 32.7. The lowest BCUT2D eigenvalue weighted by atomic mass is 9.83. The highest BCUT2D eigenvalue weighted by Crippen LogP contribution is 2.30. The third kappa shape index (κ3) is 3.05. The number of hydrogen-bond acceptors (Lipinski definition) is 4. The van der Waals surface area contributed by atoms with Crippen molar-refractivity contribution in [1.29, 1.82) is 0 Å². The summed E-state index contributed by atoms with van der Waals surface area (Å²) in [5.41, 5.74) is 6.09. The van der Waals surface area contributed by atoms with Crippen LogP contribution in [0.4, 0.5) is 0 Å². The zero-order chi connectivity index (χ0) is 13.0. The van der Waals surface area contributed by atoms with Crippen molar-refractivity contribution >= 4 is 0 Å². The van der Waals surface area contributed by atoms with Gasteiger partial charge in [0, 0.05) is 37.8 Å². The van der Waals surface area contributed by atoms with Crippen molar-refractivity contribution in [2.24, 2.45) is 11.7 Å². The van der Waals surface area contributed by atoms with Gasteiger partial charge < -0.3 is 15.2 Å². The van der Waals surface area contributed by atoms with Crippen molar-refractivity contribution < 1.29 is 9.47 Å². The Labute approximate surface area is 111 Å². The van der Waals surface area contributed by atoms with E-state index in [1.54, 1.807) is 0 Å². The molecule has 18 heavy (non-hydrogen) atoms. The molecule has 4 nitrogen and oxygen atoms in total. The highest BCUT2D eigenvalue weighted by Gasteiger charge is 2.39. The van der Waals surface area contributed by atoms with Crippen LogP contribution in [0.25, 0.3) is 0 Å². The average Bonchev–Trinajstić information content (AvgIpc) is 2.93. The zero-order valence-corrected chi connectivity index (χ0v) is 11.9. The van der Waals surface area contributed by atoms with Gasteiger partial charge in [0.15, 0.2) is 0 Å². The SMILES string of the molecule is CN(CC1CCCCO1)C(C)(CN)C1CCOC1. The fourth-order valence-corrected chi connectivity index (χ4v) is 3.12. The van der Waals surface area contributed by atoms with Crippen molar-refractivity contribution in [1.82, 2.24) is 4.90 Å². The smallest absolute Gasteiger partial charge is 0.0702 e. The van der Waals surface area contributed by atoms with Gasteiger partial charge in [0.25, 0.3) is 0 Å². The van der Waals surface area contributed by atoms with Gasteiger partial charge in [-0.05, 0) is 39.7 Å². The number of rotatable bonds is 5. The molecule has 0 spiro atoms. The summed E-state index contributed by atoms with van der Waals surface area (Å²) in [6.45, 7) is 6.60. The molecule has 106 valence electrons. The van der Waals surface area contributed by atoms with Crippen LogP contribution in [-0.2, 0) is 9.47 Å². The molecule has 0 aromatic heterocycles. The maximum Gasteiger partial charge on any atom is 0.0702 e. The summed E-state index contributed by atoms with van der Waals surface area (Å²) in [7, 11) is 2.18. The molecule has 3 unspecified atom stereocenters. The van der Waals surface area contributed by atoms with E-state index in [4.69, 9.17) is 15.2 Å². The Kier molecular flexibility index (Phi) is 5.01. The van der Waals surface area contributed by atoms with Gasteiger partial charge in [-0.3, -0.25) is 4.90 Å². The molecule has 0 saturated carbocycles. The van der Waals surface area contributed by atoms with Crippen LogP contribution < -0.4 is 5.73 Å². The van der Waals surface area contributed by atoms with E-state index < -0.39 is 0 Å². The number of nitrogens with zero attached hydrogens (tertiary/aromatic N) is 1. The van der Waals surface area contributed by atoms with Crippen LogP contribution in [0.2, 0.25) is 0 Å². The van der Waals surface area contributed by atoms with E-state index in [-0.39, 0.29) is 5.54 Å². The predicted molar refractivity (Wildman–Crippen MR) is 72.6 cm³/mol. The maximum atomic E-state index is 6.05. The molecule has 0 amide bonds. The highest BCUT2D eigenvalue weighted by molar-refractivity contribution is 4.95. The Morgan fingerprint density at radius 1 is 1.28 bits per heavy atom. The van der Waals surface area contributed by atoms with Gasteiger partial charge in [0.1, 0.15) is 0 Å². The van der Waals surface area contributed by atoms with E-state index in [1.165, 1.54) is 19.3 Å². The number of likely N-dealkylation sites (N-methyl/N-ethyl adjacent to an activating group) is 1. The van der Waals surface area contributed by atoms with E-state index in [1.807, 2.05) is 0 Å². The summed E-state index contributed by atoms with van der Waals surface area (Å²) >= 11 is 0. The summed E-state index contributed by atoms with van der Waals surface area (Å²) in [6, 6.07) is 0. The lowest BCUT2D eigenvalue weighted by Gasteiger charge is -2.44. The third-order valence-corrected chi connectivity index (χ3v) is 4.85. The molecule has 2 rings (SSSR count). The molecule has 2 saturated heterocycles. The molecule has 2 heterocycles. The molecular formula is C14H28N2O2. The Morgan fingerprint density at radius 3 is 2.67 bits per heavy atom. The average molecular weight is 256 g/mol. The zero-order valence-electron chi connectivity index (χ0n) is 11.9. The van der Waals surface area contributed by atoms with Gasteiger partial charge in [-0.15, -0.1) is 0 Å². The molecule has 0 aromatic rings. The monoisotopic (exact) mass is 256 g/mol. The Bertz CT molecular complexity index is 250. The fourth-order valence-electron chi connectivity index (χ4n) is 3.12. The molecule has 0 bridgehead atoms. The van der Waals surface area contributed by atoms with Crippen LogP contribution in [-0.4, -0.2) is 56.5 Å². The van der Waals surface area contributed by atoms with E-state index in [0.29, 0.717) is 18.6 Å². The van der Waals surface area contributed by atoms with Crippen LogP contribution in [0, 0.1) is 5.92 Å². The number of ether oxygens (including phenoxy) is 2. The summed E-state index contributed by atoms with van der Waals surface area (Å²) in [5.74, 6) is 0.552. The number of nitrogens with two attached hydrogens (primary N) is 1. The van der Waals surface area contributed by atoms with E-state index in [9.17, 15) is 0 Å². The standard InChI is InChI=1S/C14H28N2O2/c1-14(11-15,12-6-8-17-10-12)16(2)9-13-5-3-4-7-18-13/h12-13H,3-11,15H2,1-2H3. The first-order chi connectivity index (χ1) is 8.66. The molecule has 2 aliphatic rings. The third-order valence-electron chi connectivity index (χ3n) is 4.85. The molecule has 0 aliphatic carbocycles. The second kappa shape index (κ2) is 6.33. The van der Waals surface area contributed by atoms with Gasteiger partial charge in [-0.25, -0.2) is 0 Å². The topological polar surface area (TPSA) is 47.7 Å². The minimum atomic E-state index is 0.0390. The van der Waals surface area contributed by atoms with Crippen LogP contribution in [0.3, 0.4) is 0 Å². The molecule has 3 atom stereocenters. The molecule has 2 aliphatic heterocycles. The summed E-state index contributed by atoms with van der Waals surface area (Å²) in [6.07, 6.45) is 5.21. The van der Waals surface area contributed by atoms with Crippen molar-refractivity contribution in [3.63, 3.8) is 0 Å². The molecule has 0 aromatic carbocycles. The minimum absolute atomic E-state index is 0.0390. The molecule has 0 radical (unpaired) electrons.